The first kappa shape index (κ1) is 23.4. The Balaban J connectivity index is 1.12. The fraction of sp³-hybridized carbons (Fsp3) is 0.593. The Morgan fingerprint density at radius 2 is 1.78 bits per heavy atom. The molecule has 192 valence electrons. The van der Waals surface area contributed by atoms with Gasteiger partial charge in [0.05, 0.1) is 5.41 Å². The summed E-state index contributed by atoms with van der Waals surface area (Å²) in [6.07, 6.45) is 2.67. The van der Waals surface area contributed by atoms with Gasteiger partial charge in [0.2, 0.25) is 5.91 Å². The van der Waals surface area contributed by atoms with Gasteiger partial charge in [-0.2, -0.15) is 5.10 Å². The van der Waals surface area contributed by atoms with E-state index in [1.165, 1.54) is 16.8 Å². The lowest BCUT2D eigenvalue weighted by Gasteiger charge is -2.37. The molecule has 7 nitrogen and oxygen atoms in total. The van der Waals surface area contributed by atoms with Crippen LogP contribution in [0.15, 0.2) is 18.2 Å². The molecule has 2 aromatic rings. The van der Waals surface area contributed by atoms with Crippen LogP contribution in [0.4, 0.5) is 14.5 Å². The largest absolute Gasteiger partial charge is 0.368 e. The Kier molecular flexibility index (Phi) is 5.39. The van der Waals surface area contributed by atoms with Crippen molar-refractivity contribution in [2.45, 2.75) is 58.4 Å². The van der Waals surface area contributed by atoms with E-state index in [2.05, 4.69) is 42.0 Å². The molecular formula is C27H33F2N5O2. The molecule has 2 saturated heterocycles. The molecule has 1 unspecified atom stereocenters. The van der Waals surface area contributed by atoms with Crippen LogP contribution in [0.1, 0.15) is 52.1 Å². The quantitative estimate of drug-likeness (QED) is 0.651. The lowest BCUT2D eigenvalue weighted by Crippen LogP contribution is -2.50. The van der Waals surface area contributed by atoms with Crippen LogP contribution >= 0.6 is 0 Å². The number of hydrogen-bond acceptors (Lipinski definition) is 4. The highest BCUT2D eigenvalue weighted by atomic mass is 19.3. The van der Waals surface area contributed by atoms with Crippen molar-refractivity contribution in [3.05, 3.63) is 46.3 Å². The summed E-state index contributed by atoms with van der Waals surface area (Å²) in [6, 6.07) is 6.32. The molecule has 4 aliphatic rings. The van der Waals surface area contributed by atoms with Gasteiger partial charge in [-0.05, 0) is 56.7 Å². The van der Waals surface area contributed by atoms with E-state index in [0.717, 1.165) is 43.6 Å². The van der Waals surface area contributed by atoms with Crippen LogP contribution in [-0.4, -0.2) is 76.6 Å². The Morgan fingerprint density at radius 3 is 2.47 bits per heavy atom. The Hall–Kier alpha value is -2.97. The summed E-state index contributed by atoms with van der Waals surface area (Å²) in [6.45, 7) is 7.65. The van der Waals surface area contributed by atoms with Crippen LogP contribution < -0.4 is 4.90 Å². The van der Waals surface area contributed by atoms with Gasteiger partial charge in [-0.15, -0.1) is 0 Å². The van der Waals surface area contributed by atoms with Crippen LogP contribution in [0, 0.1) is 19.3 Å². The van der Waals surface area contributed by atoms with E-state index >= 15 is 0 Å². The highest BCUT2D eigenvalue weighted by molar-refractivity contribution is 5.94. The first-order valence-electron chi connectivity index (χ1n) is 13.0. The normalized spacial score (nSPS) is 24.5. The number of halogens is 2. The maximum Gasteiger partial charge on any atom is 0.274 e. The molecule has 1 aromatic heterocycles. The van der Waals surface area contributed by atoms with Crippen LogP contribution in [0.3, 0.4) is 0 Å². The topological polar surface area (TPSA) is 61.7 Å². The molecule has 1 atom stereocenters. The Bertz CT molecular complexity index is 1230. The lowest BCUT2D eigenvalue weighted by atomic mass is 10.1. The van der Waals surface area contributed by atoms with Crippen LogP contribution in [0.5, 0.6) is 0 Å². The van der Waals surface area contributed by atoms with E-state index < -0.39 is 11.3 Å². The summed E-state index contributed by atoms with van der Waals surface area (Å²) in [4.78, 5) is 32.2. The van der Waals surface area contributed by atoms with Crippen molar-refractivity contribution in [2.24, 2.45) is 5.41 Å². The maximum atomic E-state index is 13.8. The molecule has 1 aromatic carbocycles. The second-order valence-corrected chi connectivity index (χ2v) is 11.0. The van der Waals surface area contributed by atoms with Crippen molar-refractivity contribution < 1.29 is 18.4 Å². The third-order valence-electron chi connectivity index (χ3n) is 8.90. The van der Waals surface area contributed by atoms with E-state index in [9.17, 15) is 18.4 Å². The lowest BCUT2D eigenvalue weighted by molar-refractivity contribution is -0.132. The van der Waals surface area contributed by atoms with Crippen molar-refractivity contribution in [3.8, 4) is 0 Å². The van der Waals surface area contributed by atoms with E-state index in [1.54, 1.807) is 9.58 Å². The van der Waals surface area contributed by atoms with Gasteiger partial charge in [0.15, 0.2) is 5.69 Å². The number of rotatable bonds is 4. The molecule has 3 heterocycles. The fourth-order valence-corrected chi connectivity index (χ4v) is 6.33. The number of amides is 2. The van der Waals surface area contributed by atoms with Crippen molar-refractivity contribution in [1.82, 2.24) is 19.6 Å². The fourth-order valence-electron chi connectivity index (χ4n) is 6.33. The van der Waals surface area contributed by atoms with Gasteiger partial charge in [-0.1, -0.05) is 12.1 Å². The van der Waals surface area contributed by atoms with Gasteiger partial charge in [0, 0.05) is 62.6 Å². The number of benzene rings is 1. The summed E-state index contributed by atoms with van der Waals surface area (Å²) in [5.74, 6) is -2.91. The monoisotopic (exact) mass is 497 g/mol. The highest BCUT2D eigenvalue weighted by Crippen LogP contribution is 2.65. The van der Waals surface area contributed by atoms with Crippen molar-refractivity contribution in [1.29, 1.82) is 0 Å². The number of piperazine rings is 1. The summed E-state index contributed by atoms with van der Waals surface area (Å²) >= 11 is 0. The van der Waals surface area contributed by atoms with Crippen LogP contribution in [0.25, 0.3) is 0 Å². The molecule has 1 saturated carbocycles. The van der Waals surface area contributed by atoms with Gasteiger partial charge in [-0.25, -0.2) is 8.78 Å². The van der Waals surface area contributed by atoms with Gasteiger partial charge < -0.3 is 14.7 Å². The van der Waals surface area contributed by atoms with E-state index in [4.69, 9.17) is 0 Å². The minimum absolute atomic E-state index is 0.00422. The Morgan fingerprint density at radius 1 is 1.03 bits per heavy atom. The molecule has 0 bridgehead atoms. The molecule has 6 rings (SSSR count). The maximum absolute atomic E-state index is 13.8. The zero-order valence-corrected chi connectivity index (χ0v) is 21.0. The molecule has 2 aliphatic carbocycles. The molecule has 2 amide bonds. The summed E-state index contributed by atoms with van der Waals surface area (Å²) in [5, 5.41) is 4.58. The van der Waals surface area contributed by atoms with E-state index in [1.807, 2.05) is 4.90 Å². The first-order chi connectivity index (χ1) is 17.2. The number of carbonyl (C=O) groups is 2. The summed E-state index contributed by atoms with van der Waals surface area (Å²) < 4.78 is 29.4. The first-order valence-corrected chi connectivity index (χ1v) is 13.0. The molecule has 9 heteroatoms. The molecule has 3 fully saturated rings. The predicted molar refractivity (Wildman–Crippen MR) is 131 cm³/mol. The van der Waals surface area contributed by atoms with Crippen LogP contribution in [-0.2, 0) is 24.2 Å². The molecule has 0 radical (unpaired) electrons. The second kappa shape index (κ2) is 8.28. The summed E-state index contributed by atoms with van der Waals surface area (Å²) in [5.41, 5.74) is 4.94. The SMILES string of the molecule is Cc1cccc(N2CCN(C(=O)Cn3nc(C(=O)N4CCC5(C4)CC5(F)F)c4c3CCC4)CC2)c1C. The van der Waals surface area contributed by atoms with Crippen molar-refractivity contribution in [2.75, 3.05) is 44.2 Å². The molecule has 1 spiro atoms. The molecule has 36 heavy (non-hydrogen) atoms. The highest BCUT2D eigenvalue weighted by Gasteiger charge is 2.73. The van der Waals surface area contributed by atoms with Gasteiger partial charge >= 0.3 is 0 Å². The minimum Gasteiger partial charge on any atom is -0.368 e. The zero-order chi connectivity index (χ0) is 25.2. The number of aromatic nitrogens is 2. The van der Waals surface area contributed by atoms with E-state index in [0.29, 0.717) is 31.7 Å². The third kappa shape index (κ3) is 3.69. The molecule has 0 N–H and O–H groups in total. The average molecular weight is 498 g/mol. The number of likely N-dealkylation sites (tertiary alicyclic amines) is 1. The molecular weight excluding hydrogens is 464 g/mol. The average Bonchev–Trinajstić information content (AvgIpc) is 3.35. The number of anilines is 1. The zero-order valence-electron chi connectivity index (χ0n) is 21.0. The number of nitrogens with zero attached hydrogens (tertiary/aromatic N) is 5. The third-order valence-corrected chi connectivity index (χ3v) is 8.90. The molecule has 2 aliphatic heterocycles. The van der Waals surface area contributed by atoms with Crippen LogP contribution in [0.2, 0.25) is 0 Å². The minimum atomic E-state index is -2.65. The number of aryl methyl sites for hydroxylation is 1. The Labute approximate surface area is 210 Å². The van der Waals surface area contributed by atoms with Gasteiger partial charge in [-0.3, -0.25) is 14.3 Å². The predicted octanol–water partition coefficient (Wildman–Crippen LogP) is 3.21. The van der Waals surface area contributed by atoms with E-state index in [-0.39, 0.29) is 31.3 Å². The number of carbonyl (C=O) groups excluding carboxylic acids is 2. The smallest absolute Gasteiger partial charge is 0.274 e. The van der Waals surface area contributed by atoms with Gasteiger partial charge in [0.1, 0.15) is 6.54 Å². The number of fused-ring (bicyclic) bond motifs is 1. The summed E-state index contributed by atoms with van der Waals surface area (Å²) in [7, 11) is 0. The number of alkyl halides is 2. The van der Waals surface area contributed by atoms with Crippen molar-refractivity contribution >= 4 is 17.5 Å². The number of hydrogen-bond donors (Lipinski definition) is 0. The second-order valence-electron chi connectivity index (χ2n) is 11.0. The van der Waals surface area contributed by atoms with Crippen molar-refractivity contribution in [3.63, 3.8) is 0 Å². The van der Waals surface area contributed by atoms with Gasteiger partial charge in [0.25, 0.3) is 11.8 Å². The standard InChI is InChI=1S/C27H33F2N5O2/c1-18-5-3-7-21(19(18)2)31-11-13-32(14-12-31)23(35)15-34-22-8-4-6-20(22)24(30-34)25(36)33-10-9-26(17-33)16-27(26,28)29/h3,5,7H,4,6,8-17H2,1-2H3.